The van der Waals surface area contributed by atoms with Gasteiger partial charge in [-0.3, -0.25) is 4.98 Å². The van der Waals surface area contributed by atoms with Crippen LogP contribution in [-0.4, -0.2) is 45.4 Å². The average Bonchev–Trinajstić information content (AvgIpc) is 3.49. The van der Waals surface area contributed by atoms with Gasteiger partial charge in [0.2, 0.25) is 0 Å². The molecule has 3 aromatic rings. The second kappa shape index (κ2) is 10.7. The number of halogens is 1. The van der Waals surface area contributed by atoms with E-state index < -0.39 is 0 Å². The summed E-state index contributed by atoms with van der Waals surface area (Å²) in [4.78, 5) is 9.92. The fraction of sp³-hybridized carbons (Fsp3) is 0.500. The minimum atomic E-state index is 0.168. The summed E-state index contributed by atoms with van der Waals surface area (Å²) in [5, 5.41) is 11.4. The van der Waals surface area contributed by atoms with Crippen molar-refractivity contribution in [3.8, 4) is 11.1 Å². The molecular formula is C26H35BrN8. The normalized spacial score (nSPS) is 19.2. The maximum atomic E-state index is 6.59. The zero-order valence-electron chi connectivity index (χ0n) is 20.1. The van der Waals surface area contributed by atoms with E-state index in [1.165, 1.54) is 37.8 Å². The molecule has 8 nitrogen and oxygen atoms in total. The molecule has 0 spiro atoms. The molecule has 5 rings (SSSR count). The third-order valence-corrected chi connectivity index (χ3v) is 8.25. The molecule has 4 heterocycles. The van der Waals surface area contributed by atoms with Crippen molar-refractivity contribution in [1.82, 2.24) is 30.2 Å². The Labute approximate surface area is 215 Å². The van der Waals surface area contributed by atoms with Crippen LogP contribution in [0.25, 0.3) is 16.8 Å². The van der Waals surface area contributed by atoms with Gasteiger partial charge in [0.25, 0.3) is 0 Å². The number of pyridine rings is 1. The van der Waals surface area contributed by atoms with Crippen molar-refractivity contribution in [3.05, 3.63) is 52.5 Å². The van der Waals surface area contributed by atoms with E-state index >= 15 is 0 Å². The summed E-state index contributed by atoms with van der Waals surface area (Å²) < 4.78 is 2.53. The van der Waals surface area contributed by atoms with Crippen LogP contribution in [0.4, 0.5) is 5.82 Å². The number of nitrogens with one attached hydrogen (secondary N) is 2. The van der Waals surface area contributed by atoms with Crippen LogP contribution in [0, 0.1) is 0 Å². The maximum Gasteiger partial charge on any atom is 0.165 e. The van der Waals surface area contributed by atoms with Crippen molar-refractivity contribution in [3.63, 3.8) is 0 Å². The Hall–Kier alpha value is -2.33. The van der Waals surface area contributed by atoms with Crippen LogP contribution in [0.3, 0.4) is 0 Å². The third kappa shape index (κ3) is 5.14. The molecule has 2 unspecified atom stereocenters. The Balaban J connectivity index is 1.50. The van der Waals surface area contributed by atoms with Gasteiger partial charge in [0.05, 0.1) is 16.4 Å². The lowest BCUT2D eigenvalue weighted by atomic mass is 9.82. The number of hydrogen-bond donors (Lipinski definition) is 4. The molecule has 0 amide bonds. The highest BCUT2D eigenvalue weighted by Gasteiger charge is 2.27. The van der Waals surface area contributed by atoms with E-state index in [0.29, 0.717) is 31.0 Å². The Morgan fingerprint density at radius 3 is 2.77 bits per heavy atom. The SMILES string of the molecule is C=C(CNCN)CC(CC1CCCN1)c1nc2c(-c3ccc(C4CCC4)nc3)cnn2c(N)c1Br. The van der Waals surface area contributed by atoms with E-state index in [2.05, 4.69) is 50.4 Å². The molecule has 6 N–H and O–H groups in total. The number of fused-ring (bicyclic) bond motifs is 1. The van der Waals surface area contributed by atoms with Gasteiger partial charge in [-0.05, 0) is 67.1 Å². The first-order valence-electron chi connectivity index (χ1n) is 12.6. The van der Waals surface area contributed by atoms with E-state index in [1.807, 2.05) is 12.4 Å². The first-order chi connectivity index (χ1) is 17.0. The highest BCUT2D eigenvalue weighted by molar-refractivity contribution is 9.10. The minimum Gasteiger partial charge on any atom is -0.383 e. The van der Waals surface area contributed by atoms with Crippen LogP contribution >= 0.6 is 15.9 Å². The number of rotatable bonds is 10. The summed E-state index contributed by atoms with van der Waals surface area (Å²) >= 11 is 3.75. The summed E-state index contributed by atoms with van der Waals surface area (Å²) in [6.07, 6.45) is 11.7. The highest BCUT2D eigenvalue weighted by Crippen LogP contribution is 2.39. The zero-order chi connectivity index (χ0) is 24.4. The quantitative estimate of drug-likeness (QED) is 0.226. The predicted molar refractivity (Wildman–Crippen MR) is 144 cm³/mol. The minimum absolute atomic E-state index is 0.168. The van der Waals surface area contributed by atoms with Crippen LogP contribution in [0.2, 0.25) is 0 Å². The Morgan fingerprint density at radius 2 is 2.11 bits per heavy atom. The van der Waals surface area contributed by atoms with Crippen molar-refractivity contribution in [2.45, 2.75) is 62.8 Å². The van der Waals surface area contributed by atoms with Gasteiger partial charge in [-0.1, -0.05) is 24.6 Å². The maximum absolute atomic E-state index is 6.59. The Bertz CT molecular complexity index is 1180. The predicted octanol–water partition coefficient (Wildman–Crippen LogP) is 4.08. The molecule has 1 saturated carbocycles. The third-order valence-electron chi connectivity index (χ3n) is 7.44. The van der Waals surface area contributed by atoms with E-state index in [0.717, 1.165) is 51.9 Å². The largest absolute Gasteiger partial charge is 0.383 e. The van der Waals surface area contributed by atoms with Gasteiger partial charge in [0.15, 0.2) is 5.65 Å². The topological polar surface area (TPSA) is 119 Å². The molecular weight excluding hydrogens is 504 g/mol. The number of nitrogen functional groups attached to an aromatic ring is 1. The van der Waals surface area contributed by atoms with Crippen LogP contribution < -0.4 is 22.1 Å². The van der Waals surface area contributed by atoms with E-state index in [4.69, 9.17) is 21.4 Å². The molecule has 1 saturated heterocycles. The van der Waals surface area contributed by atoms with E-state index in [9.17, 15) is 0 Å². The number of nitrogens with two attached hydrogens (primary N) is 2. The van der Waals surface area contributed by atoms with Gasteiger partial charge >= 0.3 is 0 Å². The molecule has 1 aliphatic carbocycles. The molecule has 2 aliphatic rings. The Morgan fingerprint density at radius 1 is 1.26 bits per heavy atom. The van der Waals surface area contributed by atoms with E-state index in [-0.39, 0.29) is 5.92 Å². The van der Waals surface area contributed by atoms with Gasteiger partial charge in [-0.15, -0.1) is 0 Å². The molecule has 2 atom stereocenters. The average molecular weight is 540 g/mol. The molecule has 0 bridgehead atoms. The molecule has 3 aromatic heterocycles. The van der Waals surface area contributed by atoms with E-state index in [1.54, 1.807) is 4.52 Å². The second-order valence-corrected chi connectivity index (χ2v) is 10.7. The van der Waals surface area contributed by atoms with Gasteiger partial charge < -0.3 is 22.1 Å². The van der Waals surface area contributed by atoms with Crippen molar-refractivity contribution >= 4 is 27.4 Å². The summed E-state index contributed by atoms with van der Waals surface area (Å²) in [6, 6.07) is 4.75. The molecule has 9 heteroatoms. The zero-order valence-corrected chi connectivity index (χ0v) is 21.7. The first kappa shape index (κ1) is 24.4. The Kier molecular flexibility index (Phi) is 7.48. The summed E-state index contributed by atoms with van der Waals surface area (Å²) in [5.74, 6) is 1.34. The standard InChI is InChI=1S/C26H35BrN8/c1-16(12-30-15-28)10-19(11-20-6-3-9-31-20)24-23(27)25(29)35-26(34-24)21(14-33-35)18-7-8-22(32-13-18)17-4-2-5-17/h7-8,13-14,17,19-20,30-31H,1-6,9-12,15,28-29H2. The van der Waals surface area contributed by atoms with Crippen LogP contribution in [-0.2, 0) is 0 Å². The van der Waals surface area contributed by atoms with Gasteiger partial charge in [0, 0.05) is 54.1 Å². The molecule has 0 radical (unpaired) electrons. The summed E-state index contributed by atoms with van der Waals surface area (Å²) in [7, 11) is 0. The smallest absolute Gasteiger partial charge is 0.165 e. The second-order valence-electron chi connectivity index (χ2n) is 9.90. The lowest BCUT2D eigenvalue weighted by Crippen LogP contribution is -2.27. The number of anilines is 1. The monoisotopic (exact) mass is 538 g/mol. The highest BCUT2D eigenvalue weighted by atomic mass is 79.9. The van der Waals surface area contributed by atoms with Gasteiger partial charge in [0.1, 0.15) is 5.82 Å². The number of hydrogen-bond acceptors (Lipinski definition) is 7. The molecule has 1 aliphatic heterocycles. The van der Waals surface area contributed by atoms with Crippen LogP contribution in [0.15, 0.2) is 41.2 Å². The fourth-order valence-corrected chi connectivity index (χ4v) is 5.84. The van der Waals surface area contributed by atoms with Crippen molar-refractivity contribution in [2.75, 3.05) is 25.5 Å². The lowest BCUT2D eigenvalue weighted by Gasteiger charge is -2.24. The summed E-state index contributed by atoms with van der Waals surface area (Å²) in [5.41, 5.74) is 18.2. The fourth-order valence-electron chi connectivity index (χ4n) is 5.26. The van der Waals surface area contributed by atoms with Gasteiger partial charge in [-0.2, -0.15) is 9.61 Å². The van der Waals surface area contributed by atoms with Crippen molar-refractivity contribution in [1.29, 1.82) is 0 Å². The molecule has 35 heavy (non-hydrogen) atoms. The number of nitrogens with zero attached hydrogens (tertiary/aromatic N) is 4. The van der Waals surface area contributed by atoms with Crippen LogP contribution in [0.1, 0.15) is 68.2 Å². The first-order valence-corrected chi connectivity index (χ1v) is 13.4. The summed E-state index contributed by atoms with van der Waals surface area (Å²) in [6.45, 7) is 6.49. The molecule has 186 valence electrons. The lowest BCUT2D eigenvalue weighted by molar-refractivity contribution is 0.411. The van der Waals surface area contributed by atoms with Crippen molar-refractivity contribution in [2.24, 2.45) is 5.73 Å². The van der Waals surface area contributed by atoms with Gasteiger partial charge in [-0.25, -0.2) is 4.98 Å². The van der Waals surface area contributed by atoms with Crippen molar-refractivity contribution < 1.29 is 0 Å². The van der Waals surface area contributed by atoms with Crippen LogP contribution in [0.5, 0.6) is 0 Å². The number of aromatic nitrogens is 4. The molecule has 2 fully saturated rings. The molecule has 0 aromatic carbocycles.